The monoisotopic (exact) mass is 1010 g/mol. The minimum atomic E-state index is -0.442. The van der Waals surface area contributed by atoms with Gasteiger partial charge in [-0.05, 0) is 69.3 Å². The van der Waals surface area contributed by atoms with Gasteiger partial charge in [0.1, 0.15) is 5.52 Å². The average molecular weight is 1010 g/mol. The van der Waals surface area contributed by atoms with Crippen LogP contribution in [-0.2, 0) is 55.9 Å². The first-order valence-corrected chi connectivity index (χ1v) is 26.9. The number of fused-ring (bicyclic) bond motifs is 1. The standard InChI is InChI=1S/C54H87N7O11/c1-6-9-12-14-16-21-38-70-47(64)29-35-59(32-24-33-60(34-28-46(63)68-4)36-30-48(65)71-39-22-17-15-13-10-7-2)31-20-18-19-27-45(62)55-51-50-52(58-53(57-51)72-37-11-8-3)61(54(67)56-50)42-44-26-23-25-43(40-44)41-49(66)69-5/h23,25-26,40H,6-22,24,27-39,41-42H2,1-5H3,(H,56,67)(H,55,57,58,62). The zero-order chi connectivity index (χ0) is 52.2. The van der Waals surface area contributed by atoms with Crippen molar-refractivity contribution in [2.24, 2.45) is 0 Å². The van der Waals surface area contributed by atoms with Gasteiger partial charge in [-0.15, -0.1) is 0 Å². The first-order valence-electron chi connectivity index (χ1n) is 26.9. The van der Waals surface area contributed by atoms with E-state index in [9.17, 15) is 28.8 Å². The summed E-state index contributed by atoms with van der Waals surface area (Å²) in [4.78, 5) is 92.5. The summed E-state index contributed by atoms with van der Waals surface area (Å²) in [5.74, 6) is -1.27. The number of H-pyrrole nitrogens is 1. The third-order valence-electron chi connectivity index (χ3n) is 12.5. The molecule has 0 aliphatic heterocycles. The third kappa shape index (κ3) is 25.8. The van der Waals surface area contributed by atoms with Crippen LogP contribution < -0.4 is 15.7 Å². The molecule has 2 N–H and O–H groups in total. The van der Waals surface area contributed by atoms with Crippen LogP contribution in [-0.4, -0.2) is 132 Å². The number of anilines is 1. The van der Waals surface area contributed by atoms with Crippen LogP contribution in [0.3, 0.4) is 0 Å². The van der Waals surface area contributed by atoms with E-state index in [-0.39, 0.29) is 91.4 Å². The van der Waals surface area contributed by atoms with E-state index < -0.39 is 5.69 Å². The predicted octanol–water partition coefficient (Wildman–Crippen LogP) is 8.71. The Morgan fingerprint density at radius 2 is 1.12 bits per heavy atom. The largest absolute Gasteiger partial charge is 0.469 e. The number of benzene rings is 1. The number of nitrogens with one attached hydrogen (secondary N) is 2. The zero-order valence-electron chi connectivity index (χ0n) is 44.4. The second-order valence-corrected chi connectivity index (χ2v) is 18.5. The molecule has 0 unspecified atom stereocenters. The van der Waals surface area contributed by atoms with Crippen LogP contribution in [0.5, 0.6) is 6.01 Å². The molecule has 2 heterocycles. The van der Waals surface area contributed by atoms with Crippen LogP contribution in [0.2, 0.25) is 0 Å². The highest BCUT2D eigenvalue weighted by Crippen LogP contribution is 2.23. The summed E-state index contributed by atoms with van der Waals surface area (Å²) >= 11 is 0. The van der Waals surface area contributed by atoms with E-state index in [0.29, 0.717) is 65.5 Å². The predicted molar refractivity (Wildman–Crippen MR) is 279 cm³/mol. The summed E-state index contributed by atoms with van der Waals surface area (Å²) in [6.07, 6.45) is 18.8. The lowest BCUT2D eigenvalue weighted by atomic mass is 10.1. The van der Waals surface area contributed by atoms with Crippen LogP contribution in [0.1, 0.15) is 173 Å². The summed E-state index contributed by atoms with van der Waals surface area (Å²) in [5, 5.41) is 2.89. The lowest BCUT2D eigenvalue weighted by Crippen LogP contribution is -2.34. The van der Waals surface area contributed by atoms with Gasteiger partial charge < -0.3 is 43.8 Å². The molecule has 1 aromatic carbocycles. The highest BCUT2D eigenvalue weighted by atomic mass is 16.5. The number of hydrogen-bond acceptors (Lipinski definition) is 15. The number of unbranched alkanes of at least 4 members (excludes halogenated alkanes) is 13. The van der Waals surface area contributed by atoms with E-state index in [4.69, 9.17) is 23.7 Å². The van der Waals surface area contributed by atoms with Gasteiger partial charge in [0.15, 0.2) is 11.5 Å². The minimum absolute atomic E-state index is 0.0396. The molecule has 0 radical (unpaired) electrons. The van der Waals surface area contributed by atoms with Crippen molar-refractivity contribution in [1.29, 1.82) is 0 Å². The summed E-state index contributed by atoms with van der Waals surface area (Å²) in [6.45, 7) is 11.2. The van der Waals surface area contributed by atoms with Crippen LogP contribution in [0.15, 0.2) is 29.1 Å². The van der Waals surface area contributed by atoms with Gasteiger partial charge in [0.25, 0.3) is 0 Å². The number of carbonyl (C=O) groups excluding carboxylic acids is 5. The molecule has 72 heavy (non-hydrogen) atoms. The molecular formula is C54H87N7O11. The van der Waals surface area contributed by atoms with Gasteiger partial charge in [0.2, 0.25) is 5.91 Å². The van der Waals surface area contributed by atoms with E-state index in [0.717, 1.165) is 81.8 Å². The third-order valence-corrected chi connectivity index (χ3v) is 12.5. The minimum Gasteiger partial charge on any atom is -0.469 e. The number of amides is 1. The number of hydrogen-bond donors (Lipinski definition) is 2. The molecule has 404 valence electrons. The van der Waals surface area contributed by atoms with Crippen molar-refractivity contribution < 1.29 is 47.7 Å². The van der Waals surface area contributed by atoms with Gasteiger partial charge in [-0.25, -0.2) is 4.79 Å². The molecule has 0 saturated carbocycles. The molecule has 18 heteroatoms. The quantitative estimate of drug-likeness (QED) is 0.0309. The SMILES string of the molecule is CCCCCCCCOC(=O)CCN(CCCCCC(=O)Nc1nc(OCCCC)nc2c1[nH]c(=O)n2Cc1cccc(CC(=O)OC)c1)CCCN(CCC(=O)OC)CCC(=O)OCCCCCCCC. The van der Waals surface area contributed by atoms with Crippen molar-refractivity contribution >= 4 is 46.8 Å². The fourth-order valence-electron chi connectivity index (χ4n) is 8.19. The molecule has 0 atom stereocenters. The number of methoxy groups -OCH3 is 2. The van der Waals surface area contributed by atoms with Crippen LogP contribution in [0.25, 0.3) is 11.2 Å². The molecular weight excluding hydrogens is 923 g/mol. The molecule has 0 bridgehead atoms. The van der Waals surface area contributed by atoms with Crippen molar-refractivity contribution in [2.45, 2.75) is 175 Å². The molecule has 3 aromatic rings. The van der Waals surface area contributed by atoms with Crippen LogP contribution in [0, 0.1) is 0 Å². The summed E-state index contributed by atoms with van der Waals surface area (Å²) in [7, 11) is 2.71. The lowest BCUT2D eigenvalue weighted by Gasteiger charge is -2.25. The Hall–Kier alpha value is -5.36. The van der Waals surface area contributed by atoms with E-state index in [1.54, 1.807) is 0 Å². The first kappa shape index (κ1) is 60.9. The molecule has 0 fully saturated rings. The van der Waals surface area contributed by atoms with Gasteiger partial charge in [-0.1, -0.05) is 122 Å². The maximum atomic E-state index is 13.5. The lowest BCUT2D eigenvalue weighted by molar-refractivity contribution is -0.145. The second kappa shape index (κ2) is 37.4. The maximum absolute atomic E-state index is 13.5. The van der Waals surface area contributed by atoms with Gasteiger partial charge in [-0.3, -0.25) is 28.5 Å². The van der Waals surface area contributed by atoms with Crippen LogP contribution >= 0.6 is 0 Å². The molecule has 1 amide bonds. The number of aromatic nitrogens is 4. The molecule has 0 spiro atoms. The van der Waals surface area contributed by atoms with Crippen molar-refractivity contribution in [1.82, 2.24) is 29.3 Å². The van der Waals surface area contributed by atoms with Crippen molar-refractivity contribution in [3.63, 3.8) is 0 Å². The first-order chi connectivity index (χ1) is 35.0. The summed E-state index contributed by atoms with van der Waals surface area (Å²) in [5.41, 5.74) is 1.61. The number of nitrogens with zero attached hydrogens (tertiary/aromatic N) is 5. The number of esters is 4. The van der Waals surface area contributed by atoms with E-state index >= 15 is 0 Å². The highest BCUT2D eigenvalue weighted by molar-refractivity contribution is 5.97. The Balaban J connectivity index is 1.62. The van der Waals surface area contributed by atoms with Crippen LogP contribution in [0.4, 0.5) is 5.82 Å². The van der Waals surface area contributed by atoms with Gasteiger partial charge in [0, 0.05) is 26.1 Å². The van der Waals surface area contributed by atoms with Gasteiger partial charge in [0.05, 0.1) is 66.3 Å². The summed E-state index contributed by atoms with van der Waals surface area (Å²) < 4.78 is 28.1. The molecule has 0 aliphatic rings. The average Bonchev–Trinajstić information content (AvgIpc) is 3.68. The Kier molecular flexibility index (Phi) is 31.7. The topological polar surface area (TPSA) is 214 Å². The van der Waals surface area contributed by atoms with Crippen molar-refractivity contribution in [3.8, 4) is 6.01 Å². The smallest absolute Gasteiger partial charge is 0.328 e. The van der Waals surface area contributed by atoms with E-state index in [1.165, 1.54) is 57.3 Å². The zero-order valence-corrected chi connectivity index (χ0v) is 44.4. The molecule has 18 nitrogen and oxygen atoms in total. The Morgan fingerprint density at radius 1 is 0.583 bits per heavy atom. The normalized spacial score (nSPS) is 11.3. The van der Waals surface area contributed by atoms with E-state index in [2.05, 4.69) is 43.9 Å². The molecule has 0 aliphatic carbocycles. The fourth-order valence-corrected chi connectivity index (χ4v) is 8.19. The van der Waals surface area contributed by atoms with Gasteiger partial charge >= 0.3 is 35.6 Å². The van der Waals surface area contributed by atoms with E-state index in [1.807, 2.05) is 31.2 Å². The maximum Gasteiger partial charge on any atom is 0.328 e. The molecule has 2 aromatic heterocycles. The molecule has 0 saturated heterocycles. The molecule has 3 rings (SSSR count). The Morgan fingerprint density at radius 3 is 1.74 bits per heavy atom. The number of aromatic amines is 1. The Labute approximate surface area is 428 Å². The number of ether oxygens (including phenoxy) is 5. The fraction of sp³-hybridized carbons (Fsp3) is 0.704. The number of rotatable bonds is 42. The van der Waals surface area contributed by atoms with Crippen molar-refractivity contribution in [2.75, 3.05) is 78.6 Å². The summed E-state index contributed by atoms with van der Waals surface area (Å²) in [6, 6.07) is 7.35. The second-order valence-electron chi connectivity index (χ2n) is 18.5. The van der Waals surface area contributed by atoms with Crippen molar-refractivity contribution in [3.05, 3.63) is 45.9 Å². The Bertz CT molecular complexity index is 2090. The van der Waals surface area contributed by atoms with Gasteiger partial charge in [-0.2, -0.15) is 9.97 Å². The number of imidazole rings is 1. The highest BCUT2D eigenvalue weighted by Gasteiger charge is 2.20. The number of carbonyl (C=O) groups is 5.